The fourth-order valence-electron chi connectivity index (χ4n) is 2.68. The topological polar surface area (TPSA) is 73.9 Å². The highest BCUT2D eigenvalue weighted by molar-refractivity contribution is 6.32. The fraction of sp³-hybridized carbons (Fsp3) is 0.583. The highest BCUT2D eigenvalue weighted by atomic mass is 35.5. The van der Waals surface area contributed by atoms with Crippen molar-refractivity contribution >= 4 is 29.4 Å². The van der Waals surface area contributed by atoms with Crippen molar-refractivity contribution in [1.29, 1.82) is 0 Å². The maximum atomic E-state index is 12.3. The van der Waals surface area contributed by atoms with Gasteiger partial charge in [0.1, 0.15) is 5.75 Å². The molecule has 1 aromatic carbocycles. The van der Waals surface area contributed by atoms with Crippen LogP contribution in [-0.4, -0.2) is 31.4 Å². The smallest absolute Gasteiger partial charge is 0.412 e. The van der Waals surface area contributed by atoms with Gasteiger partial charge in [0.25, 0.3) is 0 Å². The van der Waals surface area contributed by atoms with Crippen molar-refractivity contribution in [2.24, 2.45) is 5.92 Å². The molecule has 0 aliphatic carbocycles. The Bertz CT molecular complexity index is 720. The highest BCUT2D eigenvalue weighted by Crippen LogP contribution is 2.28. The lowest BCUT2D eigenvalue weighted by molar-refractivity contribution is -0.152. The van der Waals surface area contributed by atoms with Gasteiger partial charge < -0.3 is 14.2 Å². The van der Waals surface area contributed by atoms with Gasteiger partial charge in [-0.25, -0.2) is 9.59 Å². The van der Waals surface area contributed by atoms with Gasteiger partial charge in [-0.05, 0) is 37.0 Å². The van der Waals surface area contributed by atoms with E-state index in [1.807, 2.05) is 13.8 Å². The standard InChI is InChI=1S/C24H36ClNO5/c1-6-7-8-9-10-11-14-29-21-15-19(12-13-20(21)25)26-24(28)31-22(18(4)5)23(27)30-16-17(2)3/h12-13,15,17,22H,4,6-11,14,16H2,1-3,5H3,(H,26,28). The number of carbonyl (C=O) groups is 2. The van der Waals surface area contributed by atoms with Gasteiger partial charge in [0.15, 0.2) is 0 Å². The number of ether oxygens (including phenoxy) is 3. The summed E-state index contributed by atoms with van der Waals surface area (Å²) in [6.07, 6.45) is 5.01. The number of benzene rings is 1. The van der Waals surface area contributed by atoms with Crippen molar-refractivity contribution in [2.45, 2.75) is 72.3 Å². The second kappa shape index (κ2) is 14.7. The minimum atomic E-state index is -1.17. The van der Waals surface area contributed by atoms with Crippen LogP contribution in [-0.2, 0) is 14.3 Å². The van der Waals surface area contributed by atoms with Crippen molar-refractivity contribution < 1.29 is 23.8 Å². The Morgan fingerprint density at radius 2 is 1.81 bits per heavy atom. The third-order valence-corrected chi connectivity index (χ3v) is 4.69. The molecular formula is C24H36ClNO5. The molecule has 0 heterocycles. The number of halogens is 1. The van der Waals surface area contributed by atoms with Crippen LogP contribution in [0.15, 0.2) is 30.4 Å². The lowest BCUT2D eigenvalue weighted by atomic mass is 10.1. The molecule has 31 heavy (non-hydrogen) atoms. The van der Waals surface area contributed by atoms with Gasteiger partial charge in [-0.15, -0.1) is 0 Å². The molecule has 0 radical (unpaired) electrons. The van der Waals surface area contributed by atoms with E-state index >= 15 is 0 Å². The Morgan fingerprint density at radius 3 is 2.45 bits per heavy atom. The van der Waals surface area contributed by atoms with Crippen molar-refractivity contribution in [1.82, 2.24) is 0 Å². The summed E-state index contributed by atoms with van der Waals surface area (Å²) in [5.41, 5.74) is 0.825. The maximum absolute atomic E-state index is 12.3. The van der Waals surface area contributed by atoms with Crippen LogP contribution in [0, 0.1) is 5.92 Å². The van der Waals surface area contributed by atoms with Crippen LogP contribution >= 0.6 is 11.6 Å². The Balaban J connectivity index is 2.58. The molecule has 0 saturated carbocycles. The number of carbonyl (C=O) groups excluding carboxylic acids is 2. The first kappa shape index (κ1) is 26.8. The molecule has 1 aromatic rings. The second-order valence-corrected chi connectivity index (χ2v) is 8.45. The number of amides is 1. The van der Waals surface area contributed by atoms with Gasteiger partial charge in [-0.3, -0.25) is 5.32 Å². The molecule has 1 unspecified atom stereocenters. The van der Waals surface area contributed by atoms with Crippen molar-refractivity contribution in [2.75, 3.05) is 18.5 Å². The van der Waals surface area contributed by atoms with Crippen LogP contribution < -0.4 is 10.1 Å². The van der Waals surface area contributed by atoms with Crippen LogP contribution in [0.25, 0.3) is 0 Å². The average molecular weight is 454 g/mol. The van der Waals surface area contributed by atoms with Gasteiger partial charge in [0, 0.05) is 11.8 Å². The minimum Gasteiger partial charge on any atom is -0.492 e. The number of unbranched alkanes of at least 4 members (excludes halogenated alkanes) is 5. The molecule has 1 amide bonds. The van der Waals surface area contributed by atoms with Gasteiger partial charge in [0.05, 0.1) is 18.2 Å². The third-order valence-electron chi connectivity index (χ3n) is 4.38. The van der Waals surface area contributed by atoms with Crippen LogP contribution in [0.3, 0.4) is 0 Å². The van der Waals surface area contributed by atoms with Gasteiger partial charge in [-0.2, -0.15) is 0 Å². The summed E-state index contributed by atoms with van der Waals surface area (Å²) >= 11 is 6.20. The maximum Gasteiger partial charge on any atom is 0.412 e. The van der Waals surface area contributed by atoms with Gasteiger partial charge in [0.2, 0.25) is 6.10 Å². The summed E-state index contributed by atoms with van der Waals surface area (Å²) in [7, 11) is 0. The number of hydrogen-bond donors (Lipinski definition) is 1. The molecule has 174 valence electrons. The summed E-state index contributed by atoms with van der Waals surface area (Å²) in [6.45, 7) is 12.1. The Labute approximate surface area is 191 Å². The zero-order valence-electron chi connectivity index (χ0n) is 19.2. The number of nitrogens with one attached hydrogen (secondary N) is 1. The first-order chi connectivity index (χ1) is 14.7. The Morgan fingerprint density at radius 1 is 1.13 bits per heavy atom. The van der Waals surface area contributed by atoms with Crippen LogP contribution in [0.4, 0.5) is 10.5 Å². The molecule has 1 atom stereocenters. The predicted octanol–water partition coefficient (Wildman–Crippen LogP) is 6.77. The summed E-state index contributed by atoms with van der Waals surface area (Å²) in [5, 5.41) is 3.05. The minimum absolute atomic E-state index is 0.173. The normalized spacial score (nSPS) is 11.7. The molecule has 0 aromatic heterocycles. The van der Waals surface area contributed by atoms with Crippen LogP contribution in [0.2, 0.25) is 5.02 Å². The summed E-state index contributed by atoms with van der Waals surface area (Å²) in [5.74, 6) is 0.0172. The number of esters is 1. The lowest BCUT2D eigenvalue weighted by Crippen LogP contribution is -2.32. The van der Waals surface area contributed by atoms with Crippen molar-refractivity contribution in [3.63, 3.8) is 0 Å². The molecule has 0 aliphatic heterocycles. The molecule has 1 N–H and O–H groups in total. The largest absolute Gasteiger partial charge is 0.492 e. The summed E-state index contributed by atoms with van der Waals surface area (Å²) < 4.78 is 16.1. The van der Waals surface area contributed by atoms with E-state index in [1.165, 1.54) is 25.7 Å². The van der Waals surface area contributed by atoms with E-state index in [-0.39, 0.29) is 12.5 Å². The first-order valence-corrected chi connectivity index (χ1v) is 11.3. The molecule has 7 heteroatoms. The average Bonchev–Trinajstić information content (AvgIpc) is 2.71. The van der Waals surface area contributed by atoms with Crippen LogP contribution in [0.1, 0.15) is 66.2 Å². The second-order valence-electron chi connectivity index (χ2n) is 8.04. The van der Waals surface area contributed by atoms with E-state index in [0.29, 0.717) is 28.6 Å². The lowest BCUT2D eigenvalue weighted by Gasteiger charge is -2.18. The SMILES string of the molecule is C=C(C)C(OC(=O)Nc1ccc(Cl)c(OCCCCCCCC)c1)C(=O)OCC(C)C. The van der Waals surface area contributed by atoms with E-state index in [9.17, 15) is 9.59 Å². The van der Waals surface area contributed by atoms with Gasteiger partial charge >= 0.3 is 12.1 Å². The van der Waals surface area contributed by atoms with E-state index < -0.39 is 18.2 Å². The first-order valence-electron chi connectivity index (χ1n) is 11.0. The number of hydrogen-bond acceptors (Lipinski definition) is 5. The monoisotopic (exact) mass is 453 g/mol. The van der Waals surface area contributed by atoms with Crippen molar-refractivity contribution in [3.8, 4) is 5.75 Å². The van der Waals surface area contributed by atoms with E-state index in [4.69, 9.17) is 25.8 Å². The number of anilines is 1. The van der Waals surface area contributed by atoms with Crippen molar-refractivity contribution in [3.05, 3.63) is 35.4 Å². The molecule has 0 saturated heterocycles. The molecule has 0 spiro atoms. The zero-order valence-corrected chi connectivity index (χ0v) is 19.9. The van der Waals surface area contributed by atoms with Crippen LogP contribution in [0.5, 0.6) is 5.75 Å². The predicted molar refractivity (Wildman–Crippen MR) is 125 cm³/mol. The molecule has 0 bridgehead atoms. The third kappa shape index (κ3) is 11.1. The van der Waals surface area contributed by atoms with Gasteiger partial charge in [-0.1, -0.05) is 71.1 Å². The molecule has 0 aliphatic rings. The Hall–Kier alpha value is -2.21. The zero-order chi connectivity index (χ0) is 23.2. The fourth-order valence-corrected chi connectivity index (χ4v) is 2.86. The van der Waals surface area contributed by atoms with E-state index in [2.05, 4.69) is 18.8 Å². The Kier molecular flexibility index (Phi) is 12.8. The molecule has 1 rings (SSSR count). The summed E-state index contributed by atoms with van der Waals surface area (Å²) in [4.78, 5) is 24.5. The highest BCUT2D eigenvalue weighted by Gasteiger charge is 2.26. The molecular weight excluding hydrogens is 418 g/mol. The molecule has 0 fully saturated rings. The molecule has 6 nitrogen and oxygen atoms in total. The number of rotatable bonds is 14. The quantitative estimate of drug-likeness (QED) is 0.191. The van der Waals surface area contributed by atoms with E-state index in [1.54, 1.807) is 25.1 Å². The summed E-state index contributed by atoms with van der Waals surface area (Å²) in [6, 6.07) is 4.91. The van der Waals surface area contributed by atoms with E-state index in [0.717, 1.165) is 12.8 Å².